The van der Waals surface area contributed by atoms with Gasteiger partial charge in [-0.1, -0.05) is 60.7 Å². The minimum absolute atomic E-state index is 0.100. The van der Waals surface area contributed by atoms with E-state index in [0.29, 0.717) is 0 Å². The lowest BCUT2D eigenvalue weighted by Gasteiger charge is -2.26. The Hall–Kier alpha value is -3.49. The summed E-state index contributed by atoms with van der Waals surface area (Å²) < 4.78 is 41.3. The first kappa shape index (κ1) is 23.7. The van der Waals surface area contributed by atoms with Crippen LogP contribution in [-0.4, -0.2) is 20.9 Å². The standard InChI is InChI=1S/C26H23FN2O3S2/c1-19-8-5-6-11-23(19)26(20-9-3-2-4-10-20)28-24(30)18-29(22-15-13-21(27)14-16-22)34(31,32)25-12-7-17-33-25/h2-17,26H,18H2,1H3,(H,28,30). The van der Waals surface area contributed by atoms with E-state index < -0.39 is 34.3 Å². The van der Waals surface area contributed by atoms with Crippen molar-refractivity contribution in [1.29, 1.82) is 0 Å². The van der Waals surface area contributed by atoms with Gasteiger partial charge in [-0.05, 0) is 59.3 Å². The molecule has 0 fully saturated rings. The lowest BCUT2D eigenvalue weighted by molar-refractivity contribution is -0.120. The average Bonchev–Trinajstić information content (AvgIpc) is 3.39. The molecule has 1 amide bonds. The number of rotatable bonds is 8. The molecule has 1 heterocycles. The number of hydrogen-bond donors (Lipinski definition) is 1. The highest BCUT2D eigenvalue weighted by Crippen LogP contribution is 2.28. The lowest BCUT2D eigenvalue weighted by Crippen LogP contribution is -2.42. The van der Waals surface area contributed by atoms with Crippen LogP contribution in [0.25, 0.3) is 0 Å². The lowest BCUT2D eigenvalue weighted by atomic mass is 9.95. The number of carbonyl (C=O) groups excluding carboxylic acids is 1. The molecular weight excluding hydrogens is 471 g/mol. The van der Waals surface area contributed by atoms with E-state index in [1.807, 2.05) is 61.5 Å². The molecule has 0 radical (unpaired) electrons. The molecule has 34 heavy (non-hydrogen) atoms. The van der Waals surface area contributed by atoms with Gasteiger partial charge in [0.2, 0.25) is 5.91 Å². The molecule has 8 heteroatoms. The highest BCUT2D eigenvalue weighted by molar-refractivity contribution is 7.94. The van der Waals surface area contributed by atoms with Crippen LogP contribution in [0.1, 0.15) is 22.7 Å². The molecule has 3 aromatic carbocycles. The summed E-state index contributed by atoms with van der Waals surface area (Å²) in [6, 6.07) is 24.9. The Balaban J connectivity index is 1.68. The smallest absolute Gasteiger partial charge is 0.274 e. The van der Waals surface area contributed by atoms with Crippen molar-refractivity contribution in [2.75, 3.05) is 10.8 Å². The highest BCUT2D eigenvalue weighted by atomic mass is 32.2. The summed E-state index contributed by atoms with van der Waals surface area (Å²) in [5.41, 5.74) is 2.99. The van der Waals surface area contributed by atoms with Crippen LogP contribution in [-0.2, 0) is 14.8 Å². The second-order valence-corrected chi connectivity index (χ2v) is 10.7. The van der Waals surface area contributed by atoms with Gasteiger partial charge < -0.3 is 5.32 Å². The summed E-state index contributed by atoms with van der Waals surface area (Å²) in [6.45, 7) is 1.50. The molecule has 5 nitrogen and oxygen atoms in total. The molecule has 0 aliphatic rings. The minimum Gasteiger partial charge on any atom is -0.344 e. The molecular formula is C26H23FN2O3S2. The number of hydrogen-bond acceptors (Lipinski definition) is 4. The fraction of sp³-hybridized carbons (Fsp3) is 0.115. The summed E-state index contributed by atoms with van der Waals surface area (Å²) >= 11 is 1.06. The second-order valence-electron chi connectivity index (χ2n) is 7.69. The summed E-state index contributed by atoms with van der Waals surface area (Å²) in [5.74, 6) is -0.980. The van der Waals surface area contributed by atoms with Crippen LogP contribution in [0, 0.1) is 12.7 Å². The normalized spacial score (nSPS) is 12.2. The zero-order valence-corrected chi connectivity index (χ0v) is 20.0. The molecule has 4 aromatic rings. The summed E-state index contributed by atoms with van der Waals surface area (Å²) in [4.78, 5) is 13.3. The van der Waals surface area contributed by atoms with Gasteiger partial charge in [-0.15, -0.1) is 11.3 Å². The number of halogens is 1. The number of nitrogens with zero attached hydrogens (tertiary/aromatic N) is 1. The van der Waals surface area contributed by atoms with Gasteiger partial charge >= 0.3 is 0 Å². The Morgan fingerprint density at radius 1 is 0.941 bits per heavy atom. The van der Waals surface area contributed by atoms with Gasteiger partial charge in [-0.3, -0.25) is 9.10 Å². The first-order valence-electron chi connectivity index (χ1n) is 10.6. The summed E-state index contributed by atoms with van der Waals surface area (Å²) in [6.07, 6.45) is 0. The molecule has 174 valence electrons. The van der Waals surface area contributed by atoms with Crippen LogP contribution in [0.5, 0.6) is 0 Å². The number of thiophene rings is 1. The van der Waals surface area contributed by atoms with E-state index in [2.05, 4.69) is 5.32 Å². The predicted octanol–water partition coefficient (Wildman–Crippen LogP) is 5.30. The third-order valence-corrected chi connectivity index (χ3v) is 8.53. The van der Waals surface area contributed by atoms with Crippen LogP contribution >= 0.6 is 11.3 Å². The molecule has 0 saturated carbocycles. The summed E-state index contributed by atoms with van der Waals surface area (Å²) in [5, 5.41) is 4.66. The van der Waals surface area contributed by atoms with E-state index in [0.717, 1.165) is 32.3 Å². The maximum atomic E-state index is 13.5. The van der Waals surface area contributed by atoms with Crippen molar-refractivity contribution in [3.8, 4) is 0 Å². The Morgan fingerprint density at radius 3 is 2.26 bits per heavy atom. The van der Waals surface area contributed by atoms with Crippen molar-refractivity contribution in [2.45, 2.75) is 17.2 Å². The topological polar surface area (TPSA) is 66.5 Å². The van der Waals surface area contributed by atoms with E-state index in [-0.39, 0.29) is 9.90 Å². The Kier molecular flexibility index (Phi) is 7.09. The molecule has 4 rings (SSSR count). The largest absolute Gasteiger partial charge is 0.344 e. The van der Waals surface area contributed by atoms with Crippen LogP contribution in [0.15, 0.2) is 101 Å². The van der Waals surface area contributed by atoms with E-state index >= 15 is 0 Å². The van der Waals surface area contributed by atoms with Gasteiger partial charge in [-0.2, -0.15) is 0 Å². The van der Waals surface area contributed by atoms with Crippen molar-refractivity contribution in [2.24, 2.45) is 0 Å². The molecule has 1 atom stereocenters. The van der Waals surface area contributed by atoms with E-state index in [4.69, 9.17) is 0 Å². The van der Waals surface area contributed by atoms with E-state index in [1.54, 1.807) is 11.4 Å². The average molecular weight is 495 g/mol. The number of anilines is 1. The summed E-state index contributed by atoms with van der Waals surface area (Å²) in [7, 11) is -4.02. The second kappa shape index (κ2) is 10.2. The van der Waals surface area contributed by atoms with Crippen LogP contribution in [0.4, 0.5) is 10.1 Å². The van der Waals surface area contributed by atoms with Gasteiger partial charge in [0.05, 0.1) is 11.7 Å². The van der Waals surface area contributed by atoms with Crippen molar-refractivity contribution < 1.29 is 17.6 Å². The number of nitrogens with one attached hydrogen (secondary N) is 1. The third-order valence-electron chi connectivity index (χ3n) is 5.38. The number of aryl methyl sites for hydroxylation is 1. The minimum atomic E-state index is -4.02. The fourth-order valence-corrected chi connectivity index (χ4v) is 6.20. The molecule has 1 unspecified atom stereocenters. The van der Waals surface area contributed by atoms with Crippen molar-refractivity contribution in [3.05, 3.63) is 119 Å². The first-order valence-corrected chi connectivity index (χ1v) is 12.9. The Labute approximate surface area is 202 Å². The van der Waals surface area contributed by atoms with Gasteiger partial charge in [-0.25, -0.2) is 12.8 Å². The van der Waals surface area contributed by atoms with Crippen LogP contribution in [0.3, 0.4) is 0 Å². The maximum absolute atomic E-state index is 13.5. The monoisotopic (exact) mass is 494 g/mol. The van der Waals surface area contributed by atoms with Crippen molar-refractivity contribution >= 4 is 33.0 Å². The number of amides is 1. The molecule has 0 saturated heterocycles. The highest BCUT2D eigenvalue weighted by Gasteiger charge is 2.29. The molecule has 0 spiro atoms. The third kappa shape index (κ3) is 5.18. The number of carbonyl (C=O) groups is 1. The van der Waals surface area contributed by atoms with Crippen molar-refractivity contribution in [1.82, 2.24) is 5.32 Å². The molecule has 0 aliphatic carbocycles. The molecule has 1 aromatic heterocycles. The number of benzene rings is 3. The molecule has 1 N–H and O–H groups in total. The Bertz CT molecular complexity index is 1360. The number of sulfonamides is 1. The molecule has 0 bridgehead atoms. The van der Waals surface area contributed by atoms with Gasteiger partial charge in [0.15, 0.2) is 0 Å². The SMILES string of the molecule is Cc1ccccc1C(NC(=O)CN(c1ccc(F)cc1)S(=O)(=O)c1cccs1)c1ccccc1. The predicted molar refractivity (Wildman–Crippen MR) is 133 cm³/mol. The van der Waals surface area contributed by atoms with Crippen LogP contribution in [0.2, 0.25) is 0 Å². The molecule has 0 aliphatic heterocycles. The van der Waals surface area contributed by atoms with Gasteiger partial charge in [0.1, 0.15) is 16.6 Å². The maximum Gasteiger partial charge on any atom is 0.274 e. The quantitative estimate of drug-likeness (QED) is 0.362. The Morgan fingerprint density at radius 2 is 1.62 bits per heavy atom. The fourth-order valence-electron chi connectivity index (χ4n) is 3.68. The van der Waals surface area contributed by atoms with Gasteiger partial charge in [0.25, 0.3) is 10.0 Å². The zero-order valence-electron chi connectivity index (χ0n) is 18.4. The van der Waals surface area contributed by atoms with E-state index in [1.165, 1.54) is 30.3 Å². The van der Waals surface area contributed by atoms with Crippen molar-refractivity contribution in [3.63, 3.8) is 0 Å². The van der Waals surface area contributed by atoms with E-state index in [9.17, 15) is 17.6 Å². The zero-order chi connectivity index (χ0) is 24.1. The van der Waals surface area contributed by atoms with Gasteiger partial charge in [0, 0.05) is 0 Å². The van der Waals surface area contributed by atoms with Crippen LogP contribution < -0.4 is 9.62 Å². The first-order chi connectivity index (χ1) is 16.4.